The van der Waals surface area contributed by atoms with Gasteiger partial charge in [-0.1, -0.05) is 43.5 Å². The molecular weight excluding hydrogens is 443 g/mol. The minimum atomic E-state index is -4.37. The number of alkyl halides is 3. The molecule has 0 bridgehead atoms. The molecule has 2 fully saturated rings. The van der Waals surface area contributed by atoms with Gasteiger partial charge in [0.25, 0.3) is 0 Å². The molecule has 0 aromatic heterocycles. The van der Waals surface area contributed by atoms with E-state index in [4.69, 9.17) is 9.84 Å². The zero-order valence-corrected chi connectivity index (χ0v) is 19.2. The molecule has 7 heteroatoms. The molecule has 0 radical (unpaired) electrons. The average molecular weight is 476 g/mol. The van der Waals surface area contributed by atoms with Gasteiger partial charge in [0, 0.05) is 12.6 Å². The van der Waals surface area contributed by atoms with Gasteiger partial charge in [-0.15, -0.1) is 0 Å². The third-order valence-corrected chi connectivity index (χ3v) is 7.17. The molecule has 2 unspecified atom stereocenters. The first-order valence-corrected chi connectivity index (χ1v) is 12.2. The van der Waals surface area contributed by atoms with Crippen molar-refractivity contribution in [2.75, 3.05) is 0 Å². The maximum absolute atomic E-state index is 13.8. The van der Waals surface area contributed by atoms with Gasteiger partial charge in [0.15, 0.2) is 0 Å². The highest BCUT2D eigenvalue weighted by Crippen LogP contribution is 2.41. The summed E-state index contributed by atoms with van der Waals surface area (Å²) in [6, 6.07) is 12.3. The monoisotopic (exact) mass is 475 g/mol. The highest BCUT2D eigenvalue weighted by Gasteiger charge is 2.36. The lowest BCUT2D eigenvalue weighted by molar-refractivity contribution is -0.141. The number of hydrogen-bond acceptors (Lipinski definition) is 3. The van der Waals surface area contributed by atoms with Crippen molar-refractivity contribution in [2.24, 2.45) is 5.92 Å². The summed E-state index contributed by atoms with van der Waals surface area (Å²) in [4.78, 5) is 11.1. The number of aliphatic carboxylic acids is 1. The first-order valence-electron chi connectivity index (χ1n) is 12.2. The fourth-order valence-electron chi connectivity index (χ4n) is 5.23. The van der Waals surface area contributed by atoms with Gasteiger partial charge in [-0.05, 0) is 72.9 Å². The Balaban J connectivity index is 1.32. The maximum atomic E-state index is 13.8. The van der Waals surface area contributed by atoms with Gasteiger partial charge < -0.3 is 15.2 Å². The third-order valence-electron chi connectivity index (χ3n) is 7.17. The van der Waals surface area contributed by atoms with E-state index in [0.717, 1.165) is 44.1 Å². The Hall–Kier alpha value is -2.54. The minimum absolute atomic E-state index is 0.0132. The molecular formula is C27H32F3NO3. The van der Waals surface area contributed by atoms with Crippen molar-refractivity contribution < 1.29 is 27.8 Å². The highest BCUT2D eigenvalue weighted by atomic mass is 19.4. The van der Waals surface area contributed by atoms with Crippen molar-refractivity contribution in [2.45, 2.75) is 82.7 Å². The van der Waals surface area contributed by atoms with Gasteiger partial charge >= 0.3 is 12.1 Å². The molecule has 0 heterocycles. The summed E-state index contributed by atoms with van der Waals surface area (Å²) >= 11 is 0. The Morgan fingerprint density at radius 1 is 0.971 bits per heavy atom. The lowest BCUT2D eigenvalue weighted by Gasteiger charge is -2.25. The van der Waals surface area contributed by atoms with E-state index in [1.807, 2.05) is 24.3 Å². The van der Waals surface area contributed by atoms with Crippen LogP contribution < -0.4 is 10.1 Å². The number of carboxylic acid groups (broad SMARTS) is 1. The molecule has 0 saturated heterocycles. The summed E-state index contributed by atoms with van der Waals surface area (Å²) in [5.41, 5.74) is 1.44. The summed E-state index contributed by atoms with van der Waals surface area (Å²) in [7, 11) is 0. The second kappa shape index (κ2) is 10.8. The Morgan fingerprint density at radius 2 is 1.68 bits per heavy atom. The summed E-state index contributed by atoms with van der Waals surface area (Å²) in [5, 5.41) is 12.5. The van der Waals surface area contributed by atoms with Crippen molar-refractivity contribution in [3.05, 3.63) is 64.7 Å². The van der Waals surface area contributed by atoms with Crippen molar-refractivity contribution >= 4 is 5.97 Å². The Bertz CT molecular complexity index is 968. The molecule has 34 heavy (non-hydrogen) atoms. The van der Waals surface area contributed by atoms with Gasteiger partial charge in [0.1, 0.15) is 12.4 Å². The first kappa shape index (κ1) is 24.6. The number of carbonyl (C=O) groups is 1. The summed E-state index contributed by atoms with van der Waals surface area (Å²) < 4.78 is 47.0. The predicted octanol–water partition coefficient (Wildman–Crippen LogP) is 6.68. The van der Waals surface area contributed by atoms with E-state index in [2.05, 4.69) is 5.32 Å². The number of rotatable bonds is 8. The molecule has 2 aliphatic rings. The number of carboxylic acids is 1. The molecule has 4 rings (SSSR count). The third kappa shape index (κ3) is 6.32. The van der Waals surface area contributed by atoms with Crippen molar-refractivity contribution in [1.82, 2.24) is 5.32 Å². The van der Waals surface area contributed by atoms with E-state index in [-0.39, 0.29) is 24.5 Å². The largest absolute Gasteiger partial charge is 0.489 e. The van der Waals surface area contributed by atoms with Crippen LogP contribution in [0.5, 0.6) is 5.75 Å². The molecule has 184 valence electrons. The van der Waals surface area contributed by atoms with Crippen LogP contribution in [0.4, 0.5) is 13.2 Å². The van der Waals surface area contributed by atoms with Crippen LogP contribution >= 0.6 is 0 Å². The molecule has 2 atom stereocenters. The Kier molecular flexibility index (Phi) is 7.81. The lowest BCUT2D eigenvalue weighted by atomic mass is 9.81. The van der Waals surface area contributed by atoms with Crippen LogP contribution in [-0.4, -0.2) is 17.1 Å². The maximum Gasteiger partial charge on any atom is 0.416 e. The topological polar surface area (TPSA) is 58.6 Å². The summed E-state index contributed by atoms with van der Waals surface area (Å²) in [6.45, 7) is 0.707. The summed E-state index contributed by atoms with van der Waals surface area (Å²) in [5.74, 6) is -0.402. The van der Waals surface area contributed by atoms with Crippen LogP contribution in [0.1, 0.15) is 79.5 Å². The zero-order chi connectivity index (χ0) is 24.1. The second-order valence-electron chi connectivity index (χ2n) is 9.61. The standard InChI is InChI=1S/C27H32F3NO3/c28-27(29,30)25-14-19(8-13-24(25)20-4-2-1-3-5-20)17-34-23-11-6-18(7-12-23)16-31-22-10-9-21(15-22)26(32)33/h6-8,11-14,20-22,31H,1-5,9-10,15-17H2,(H,32,33). The zero-order valence-electron chi connectivity index (χ0n) is 19.2. The molecule has 2 aromatic rings. The van der Waals surface area contributed by atoms with Gasteiger partial charge in [-0.25, -0.2) is 0 Å². The van der Waals surface area contributed by atoms with Crippen LogP contribution in [0.3, 0.4) is 0 Å². The minimum Gasteiger partial charge on any atom is -0.489 e. The number of benzene rings is 2. The predicted molar refractivity (Wildman–Crippen MR) is 124 cm³/mol. The van der Waals surface area contributed by atoms with Crippen LogP contribution in [-0.2, 0) is 24.1 Å². The molecule has 2 aromatic carbocycles. The van der Waals surface area contributed by atoms with Crippen LogP contribution in [0.25, 0.3) is 0 Å². The fourth-order valence-corrected chi connectivity index (χ4v) is 5.23. The van der Waals surface area contributed by atoms with Gasteiger partial charge in [0.05, 0.1) is 11.5 Å². The van der Waals surface area contributed by atoms with Gasteiger partial charge in [-0.3, -0.25) is 4.79 Å². The molecule has 0 amide bonds. The molecule has 2 N–H and O–H groups in total. The van der Waals surface area contributed by atoms with E-state index in [0.29, 0.717) is 36.3 Å². The quantitative estimate of drug-likeness (QED) is 0.447. The normalized spacial score (nSPS) is 21.5. The Morgan fingerprint density at radius 3 is 2.32 bits per heavy atom. The van der Waals surface area contributed by atoms with Crippen molar-refractivity contribution in [1.29, 1.82) is 0 Å². The molecule has 2 saturated carbocycles. The van der Waals surface area contributed by atoms with Crippen LogP contribution in [0.15, 0.2) is 42.5 Å². The van der Waals surface area contributed by atoms with E-state index in [1.54, 1.807) is 12.1 Å². The van der Waals surface area contributed by atoms with Crippen LogP contribution in [0, 0.1) is 5.92 Å². The molecule has 0 aliphatic heterocycles. The number of nitrogens with one attached hydrogen (secondary N) is 1. The van der Waals surface area contributed by atoms with Crippen molar-refractivity contribution in [3.63, 3.8) is 0 Å². The van der Waals surface area contributed by atoms with Crippen molar-refractivity contribution in [3.8, 4) is 5.75 Å². The number of ether oxygens (including phenoxy) is 1. The van der Waals surface area contributed by atoms with E-state index in [9.17, 15) is 18.0 Å². The molecule has 2 aliphatic carbocycles. The van der Waals surface area contributed by atoms with E-state index >= 15 is 0 Å². The molecule has 4 nitrogen and oxygen atoms in total. The van der Waals surface area contributed by atoms with Gasteiger partial charge in [-0.2, -0.15) is 13.2 Å². The summed E-state index contributed by atoms with van der Waals surface area (Å²) in [6.07, 6.45) is 2.56. The fraction of sp³-hybridized carbons (Fsp3) is 0.519. The SMILES string of the molecule is O=C(O)C1CCC(NCc2ccc(OCc3ccc(C4CCCCC4)c(C(F)(F)F)c3)cc2)C1. The van der Waals surface area contributed by atoms with Gasteiger partial charge in [0.2, 0.25) is 0 Å². The first-order chi connectivity index (χ1) is 16.3. The van der Waals surface area contributed by atoms with E-state index in [1.165, 1.54) is 6.07 Å². The smallest absolute Gasteiger partial charge is 0.416 e. The Labute approximate surface area is 198 Å². The second-order valence-corrected chi connectivity index (χ2v) is 9.61. The highest BCUT2D eigenvalue weighted by molar-refractivity contribution is 5.70. The lowest BCUT2D eigenvalue weighted by Crippen LogP contribution is -2.26. The average Bonchev–Trinajstić information content (AvgIpc) is 3.31. The van der Waals surface area contributed by atoms with Crippen LogP contribution in [0.2, 0.25) is 0 Å². The van der Waals surface area contributed by atoms with E-state index < -0.39 is 17.7 Å². The number of hydrogen-bond donors (Lipinski definition) is 2. The number of halogens is 3. The molecule has 0 spiro atoms.